The van der Waals surface area contributed by atoms with Crippen molar-refractivity contribution in [2.24, 2.45) is 0 Å². The van der Waals surface area contributed by atoms with Gasteiger partial charge in [-0.15, -0.1) is 0 Å². The fourth-order valence-corrected chi connectivity index (χ4v) is 3.33. The van der Waals surface area contributed by atoms with E-state index in [2.05, 4.69) is 0 Å². The van der Waals surface area contributed by atoms with Crippen molar-refractivity contribution in [1.29, 1.82) is 0 Å². The SMILES string of the molecule is CN(C)S(=O)(=O)/C=C(\Cl)c1cccc(S(=O)(=O)N(C)C)c1. The summed E-state index contributed by atoms with van der Waals surface area (Å²) in [4.78, 5) is 0.0406. The van der Waals surface area contributed by atoms with Crippen molar-refractivity contribution in [1.82, 2.24) is 8.61 Å². The van der Waals surface area contributed by atoms with Crippen molar-refractivity contribution < 1.29 is 16.8 Å². The third kappa shape index (κ3) is 4.27. The maximum absolute atomic E-state index is 12.0. The van der Waals surface area contributed by atoms with Crippen LogP contribution >= 0.6 is 11.6 Å². The Labute approximate surface area is 130 Å². The fourth-order valence-electron chi connectivity index (χ4n) is 1.32. The smallest absolute Gasteiger partial charge is 0.207 e. The average molecular weight is 353 g/mol. The van der Waals surface area contributed by atoms with E-state index in [4.69, 9.17) is 11.6 Å². The number of hydrogen-bond donors (Lipinski definition) is 0. The van der Waals surface area contributed by atoms with Gasteiger partial charge in [-0.05, 0) is 17.7 Å². The molecule has 6 nitrogen and oxygen atoms in total. The molecule has 0 aliphatic rings. The van der Waals surface area contributed by atoms with Crippen molar-refractivity contribution in [3.63, 3.8) is 0 Å². The lowest BCUT2D eigenvalue weighted by atomic mass is 10.2. The first-order chi connectivity index (χ1) is 9.48. The molecular weight excluding hydrogens is 336 g/mol. The van der Waals surface area contributed by atoms with Gasteiger partial charge >= 0.3 is 0 Å². The largest absolute Gasteiger partial charge is 0.242 e. The molecule has 0 bridgehead atoms. The quantitative estimate of drug-likeness (QED) is 0.802. The third-order valence-electron chi connectivity index (χ3n) is 2.65. The van der Waals surface area contributed by atoms with Crippen LogP contribution in [0.2, 0.25) is 0 Å². The molecule has 0 saturated carbocycles. The van der Waals surface area contributed by atoms with Crippen molar-refractivity contribution >= 4 is 36.7 Å². The van der Waals surface area contributed by atoms with Gasteiger partial charge in [0, 0.05) is 28.2 Å². The maximum atomic E-state index is 12.0. The van der Waals surface area contributed by atoms with Gasteiger partial charge in [-0.2, -0.15) is 0 Å². The summed E-state index contributed by atoms with van der Waals surface area (Å²) in [5, 5.41) is 0.829. The van der Waals surface area contributed by atoms with Crippen LogP contribution < -0.4 is 0 Å². The minimum atomic E-state index is -3.63. The van der Waals surface area contributed by atoms with Crippen LogP contribution in [-0.4, -0.2) is 53.6 Å². The van der Waals surface area contributed by atoms with E-state index in [0.717, 1.165) is 14.0 Å². The highest BCUT2D eigenvalue weighted by atomic mass is 35.5. The van der Waals surface area contributed by atoms with Crippen LogP contribution in [0.5, 0.6) is 0 Å². The molecule has 0 fully saturated rings. The van der Waals surface area contributed by atoms with E-state index in [-0.39, 0.29) is 9.93 Å². The second-order valence-corrected chi connectivity index (χ2v) is 9.16. The Morgan fingerprint density at radius 1 is 1.05 bits per heavy atom. The molecule has 9 heteroatoms. The van der Waals surface area contributed by atoms with Crippen LogP contribution in [0, 0.1) is 0 Å². The van der Waals surface area contributed by atoms with Gasteiger partial charge in [-0.1, -0.05) is 23.7 Å². The topological polar surface area (TPSA) is 74.8 Å². The Hall–Kier alpha value is -0.930. The molecule has 0 aliphatic heterocycles. The number of nitrogens with zero attached hydrogens (tertiary/aromatic N) is 2. The van der Waals surface area contributed by atoms with Crippen LogP contribution in [0.25, 0.3) is 5.03 Å². The summed E-state index contributed by atoms with van der Waals surface area (Å²) in [7, 11) is -1.65. The number of benzene rings is 1. The summed E-state index contributed by atoms with van der Waals surface area (Å²) in [6.07, 6.45) is 0. The highest BCUT2D eigenvalue weighted by Crippen LogP contribution is 2.24. The summed E-state index contributed by atoms with van der Waals surface area (Å²) >= 11 is 5.98. The highest BCUT2D eigenvalue weighted by molar-refractivity contribution is 7.92. The zero-order valence-corrected chi connectivity index (χ0v) is 14.5. The molecule has 1 rings (SSSR count). The molecule has 0 amide bonds. The van der Waals surface area contributed by atoms with E-state index in [1.807, 2.05) is 0 Å². The first-order valence-corrected chi connectivity index (χ1v) is 9.13. The molecule has 0 N–H and O–H groups in total. The molecular formula is C12H17ClN2O4S2. The summed E-state index contributed by atoms with van der Waals surface area (Å²) in [6, 6.07) is 5.80. The fraction of sp³-hybridized carbons (Fsp3) is 0.333. The molecule has 0 unspecified atom stereocenters. The monoisotopic (exact) mass is 352 g/mol. The normalized spacial score (nSPS) is 14.0. The van der Waals surface area contributed by atoms with Crippen molar-refractivity contribution in [3.8, 4) is 0 Å². The Kier molecular flexibility index (Phi) is 5.57. The molecule has 21 heavy (non-hydrogen) atoms. The molecule has 0 atom stereocenters. The first kappa shape index (κ1) is 18.1. The molecule has 118 valence electrons. The van der Waals surface area contributed by atoms with Gasteiger partial charge in [-0.25, -0.2) is 25.4 Å². The molecule has 0 spiro atoms. The van der Waals surface area contributed by atoms with Gasteiger partial charge in [0.2, 0.25) is 20.0 Å². The Morgan fingerprint density at radius 3 is 2.10 bits per heavy atom. The standard InChI is InChI=1S/C12H17ClN2O4S2/c1-14(2)20(16,17)9-12(13)10-6-5-7-11(8-10)21(18,19)15(3)4/h5-9H,1-4H3/b12-9-. The van der Waals surface area contributed by atoms with Gasteiger partial charge < -0.3 is 0 Å². The first-order valence-electron chi connectivity index (χ1n) is 5.81. The van der Waals surface area contributed by atoms with E-state index in [0.29, 0.717) is 5.56 Å². The van der Waals surface area contributed by atoms with Crippen molar-refractivity contribution in [3.05, 3.63) is 35.2 Å². The Bertz CT molecular complexity index is 753. The van der Waals surface area contributed by atoms with Gasteiger partial charge in [0.05, 0.1) is 15.3 Å². The number of sulfonamides is 2. The van der Waals surface area contributed by atoms with E-state index in [1.54, 1.807) is 6.07 Å². The molecule has 0 aliphatic carbocycles. The van der Waals surface area contributed by atoms with Gasteiger partial charge in [0.25, 0.3) is 0 Å². The number of rotatable bonds is 5. The van der Waals surface area contributed by atoms with Crippen molar-refractivity contribution in [2.75, 3.05) is 28.2 Å². The second kappa shape index (κ2) is 6.45. The Balaban J connectivity index is 3.33. The van der Waals surface area contributed by atoms with Crippen LogP contribution in [0.1, 0.15) is 5.56 Å². The Morgan fingerprint density at radius 2 is 1.62 bits per heavy atom. The average Bonchev–Trinajstić information content (AvgIpc) is 2.38. The van der Waals surface area contributed by atoms with Gasteiger partial charge in [-0.3, -0.25) is 0 Å². The summed E-state index contributed by atoms with van der Waals surface area (Å²) < 4.78 is 49.6. The van der Waals surface area contributed by atoms with E-state index >= 15 is 0 Å². The molecule has 0 aromatic heterocycles. The zero-order chi connectivity index (χ0) is 16.4. The van der Waals surface area contributed by atoms with Crippen LogP contribution in [0.3, 0.4) is 0 Å². The summed E-state index contributed by atoms with van der Waals surface area (Å²) in [5.41, 5.74) is 0.310. The molecule has 0 heterocycles. The van der Waals surface area contributed by atoms with E-state index in [1.165, 1.54) is 46.4 Å². The summed E-state index contributed by atoms with van der Waals surface area (Å²) in [6.45, 7) is 0. The van der Waals surface area contributed by atoms with Gasteiger partial charge in [0.15, 0.2) is 0 Å². The van der Waals surface area contributed by atoms with E-state index < -0.39 is 20.0 Å². The van der Waals surface area contributed by atoms with Crippen LogP contribution in [0.15, 0.2) is 34.6 Å². The predicted octanol–water partition coefficient (Wildman–Crippen LogP) is 1.37. The predicted molar refractivity (Wildman–Crippen MR) is 83.8 cm³/mol. The second-order valence-electron chi connectivity index (χ2n) is 4.61. The van der Waals surface area contributed by atoms with Crippen LogP contribution in [-0.2, 0) is 20.0 Å². The minimum absolute atomic E-state index is 0.0406. The van der Waals surface area contributed by atoms with Crippen molar-refractivity contribution in [2.45, 2.75) is 4.90 Å². The molecule has 1 aromatic carbocycles. The molecule has 0 radical (unpaired) electrons. The number of hydrogen-bond acceptors (Lipinski definition) is 4. The maximum Gasteiger partial charge on any atom is 0.242 e. The highest BCUT2D eigenvalue weighted by Gasteiger charge is 2.18. The lowest BCUT2D eigenvalue weighted by molar-refractivity contribution is 0.520. The molecule has 0 saturated heterocycles. The van der Waals surface area contributed by atoms with Gasteiger partial charge in [0.1, 0.15) is 0 Å². The summed E-state index contributed by atoms with van der Waals surface area (Å²) in [5.74, 6) is 0. The lowest BCUT2D eigenvalue weighted by Crippen LogP contribution is -2.22. The minimum Gasteiger partial charge on any atom is -0.207 e. The zero-order valence-electron chi connectivity index (χ0n) is 12.1. The lowest BCUT2D eigenvalue weighted by Gasteiger charge is -2.12. The number of halogens is 1. The third-order valence-corrected chi connectivity index (χ3v) is 6.47. The van der Waals surface area contributed by atoms with Crippen LogP contribution in [0.4, 0.5) is 0 Å². The van der Waals surface area contributed by atoms with E-state index in [9.17, 15) is 16.8 Å². The molecule has 1 aromatic rings.